The summed E-state index contributed by atoms with van der Waals surface area (Å²) in [5.41, 5.74) is 3.33. The average molecular weight is 415 g/mol. The molecule has 0 bridgehead atoms. The molecule has 2 aromatic heterocycles. The maximum absolute atomic E-state index is 13.0. The van der Waals surface area contributed by atoms with Crippen LogP contribution in [0.5, 0.6) is 0 Å². The van der Waals surface area contributed by atoms with Gasteiger partial charge >= 0.3 is 0 Å². The fourth-order valence-electron chi connectivity index (χ4n) is 4.90. The van der Waals surface area contributed by atoms with Crippen LogP contribution in [0.2, 0.25) is 0 Å². The molecular weight excluding hydrogens is 388 g/mol. The smallest absolute Gasteiger partial charge is 0.273 e. The van der Waals surface area contributed by atoms with Gasteiger partial charge in [-0.05, 0) is 30.7 Å². The van der Waals surface area contributed by atoms with Gasteiger partial charge in [0.05, 0.1) is 5.69 Å². The van der Waals surface area contributed by atoms with E-state index in [9.17, 15) is 9.59 Å². The van der Waals surface area contributed by atoms with Crippen molar-refractivity contribution in [3.8, 4) is 23.6 Å². The SMILES string of the molecule is C#C[C@@H]1CCN(C(=O)c2c[nH]n3c(=O)cc(-c4ccc(C5CCCCC5)cc4)nc23)C1. The topological polar surface area (TPSA) is 70.5 Å². The highest BCUT2D eigenvalue weighted by molar-refractivity contribution is 6.00. The van der Waals surface area contributed by atoms with E-state index in [1.165, 1.54) is 48.2 Å². The Bertz CT molecular complexity index is 1210. The van der Waals surface area contributed by atoms with Gasteiger partial charge in [-0.25, -0.2) is 9.50 Å². The lowest BCUT2D eigenvalue weighted by Crippen LogP contribution is -2.28. The molecule has 1 amide bonds. The van der Waals surface area contributed by atoms with Gasteiger partial charge in [0.2, 0.25) is 0 Å². The number of rotatable bonds is 3. The third-order valence-electron chi connectivity index (χ3n) is 6.72. The van der Waals surface area contributed by atoms with E-state index in [2.05, 4.69) is 28.1 Å². The molecule has 1 saturated heterocycles. The molecular formula is C25H26N4O2. The standard InChI is InChI=1S/C25H26N4O2/c1-2-17-12-13-28(16-17)25(31)21-15-26-29-23(30)14-22(27-24(21)29)20-10-8-19(9-11-20)18-6-4-3-5-7-18/h1,8-11,14-15,17-18,26H,3-7,12-13,16H2/t17-/m1/s1. The van der Waals surface area contributed by atoms with Gasteiger partial charge in [-0.15, -0.1) is 12.3 Å². The number of nitrogens with one attached hydrogen (secondary N) is 1. The minimum absolute atomic E-state index is 0.0862. The number of carbonyl (C=O) groups is 1. The third kappa shape index (κ3) is 3.65. The van der Waals surface area contributed by atoms with Crippen LogP contribution in [0.4, 0.5) is 0 Å². The highest BCUT2D eigenvalue weighted by Gasteiger charge is 2.28. The largest absolute Gasteiger partial charge is 0.337 e. The zero-order valence-corrected chi connectivity index (χ0v) is 17.5. The molecule has 0 spiro atoms. The zero-order chi connectivity index (χ0) is 21.4. The van der Waals surface area contributed by atoms with Crippen LogP contribution in [0.3, 0.4) is 0 Å². The average Bonchev–Trinajstić information content (AvgIpc) is 3.47. The number of hydrogen-bond acceptors (Lipinski definition) is 3. The van der Waals surface area contributed by atoms with E-state index < -0.39 is 0 Å². The van der Waals surface area contributed by atoms with Crippen LogP contribution in [0.1, 0.15) is 60.4 Å². The predicted octanol–water partition coefficient (Wildman–Crippen LogP) is 3.83. The molecule has 31 heavy (non-hydrogen) atoms. The van der Waals surface area contributed by atoms with Crippen molar-refractivity contribution in [2.45, 2.75) is 44.4 Å². The Morgan fingerprint density at radius 1 is 1.13 bits per heavy atom. The molecule has 1 saturated carbocycles. The zero-order valence-electron chi connectivity index (χ0n) is 17.5. The van der Waals surface area contributed by atoms with Gasteiger partial charge in [-0.2, -0.15) is 0 Å². The molecule has 1 N–H and O–H groups in total. The number of carbonyl (C=O) groups excluding carboxylic acids is 1. The van der Waals surface area contributed by atoms with Crippen LogP contribution in [-0.4, -0.2) is 38.5 Å². The second kappa shape index (κ2) is 8.07. The Balaban J connectivity index is 1.46. The molecule has 158 valence electrons. The van der Waals surface area contributed by atoms with Crippen LogP contribution < -0.4 is 5.56 Å². The summed E-state index contributed by atoms with van der Waals surface area (Å²) in [5, 5.41) is 2.87. The number of aromatic amines is 1. The number of terminal acetylenes is 1. The van der Waals surface area contributed by atoms with Crippen LogP contribution in [0.15, 0.2) is 41.3 Å². The number of H-pyrrole nitrogens is 1. The Hall–Kier alpha value is -3.33. The van der Waals surface area contributed by atoms with Crippen LogP contribution >= 0.6 is 0 Å². The van der Waals surface area contributed by atoms with Gasteiger partial charge in [-0.1, -0.05) is 43.5 Å². The summed E-state index contributed by atoms with van der Waals surface area (Å²) in [6, 6.07) is 9.89. The summed E-state index contributed by atoms with van der Waals surface area (Å²) in [4.78, 5) is 32.2. The fraction of sp³-hybridized carbons (Fsp3) is 0.400. The quantitative estimate of drug-likeness (QED) is 0.662. The van der Waals surface area contributed by atoms with Crippen LogP contribution in [0, 0.1) is 18.3 Å². The maximum atomic E-state index is 13.0. The monoisotopic (exact) mass is 414 g/mol. The predicted molar refractivity (Wildman–Crippen MR) is 120 cm³/mol. The Morgan fingerprint density at radius 3 is 2.61 bits per heavy atom. The number of nitrogens with zero attached hydrogens (tertiary/aromatic N) is 3. The van der Waals surface area contributed by atoms with Gasteiger partial charge in [0.1, 0.15) is 5.56 Å². The molecule has 6 nitrogen and oxygen atoms in total. The molecule has 2 fully saturated rings. The van der Waals surface area contributed by atoms with Gasteiger partial charge in [0.25, 0.3) is 11.5 Å². The van der Waals surface area contributed by atoms with Crippen LogP contribution in [0.25, 0.3) is 16.9 Å². The normalized spacial score (nSPS) is 19.6. The van der Waals surface area contributed by atoms with Crippen molar-refractivity contribution in [2.24, 2.45) is 5.92 Å². The number of aromatic nitrogens is 3. The molecule has 3 aromatic rings. The van der Waals surface area contributed by atoms with Gasteiger partial charge in [0, 0.05) is 36.8 Å². The van der Waals surface area contributed by atoms with E-state index in [0.29, 0.717) is 35.9 Å². The van der Waals surface area contributed by atoms with Crippen molar-refractivity contribution < 1.29 is 4.79 Å². The first-order valence-corrected chi connectivity index (χ1v) is 11.1. The Labute approximate surface area is 181 Å². The highest BCUT2D eigenvalue weighted by Crippen LogP contribution is 2.33. The molecule has 6 heteroatoms. The van der Waals surface area contributed by atoms with Crippen molar-refractivity contribution >= 4 is 11.6 Å². The third-order valence-corrected chi connectivity index (χ3v) is 6.72. The van der Waals surface area contributed by atoms with E-state index in [0.717, 1.165) is 12.0 Å². The van der Waals surface area contributed by atoms with E-state index >= 15 is 0 Å². The molecule has 1 atom stereocenters. The highest BCUT2D eigenvalue weighted by atomic mass is 16.2. The first-order chi connectivity index (χ1) is 15.1. The van der Waals surface area contributed by atoms with Gasteiger partial charge in [0.15, 0.2) is 5.65 Å². The fourth-order valence-corrected chi connectivity index (χ4v) is 4.90. The molecule has 3 heterocycles. The van der Waals surface area contributed by atoms with E-state index in [4.69, 9.17) is 6.42 Å². The summed E-state index contributed by atoms with van der Waals surface area (Å²) in [5.74, 6) is 3.30. The first-order valence-electron chi connectivity index (χ1n) is 11.1. The second-order valence-corrected chi connectivity index (χ2v) is 8.69. The lowest BCUT2D eigenvalue weighted by Gasteiger charge is -2.22. The lowest BCUT2D eigenvalue weighted by atomic mass is 9.84. The van der Waals surface area contributed by atoms with Gasteiger partial charge in [-0.3, -0.25) is 14.7 Å². The summed E-state index contributed by atoms with van der Waals surface area (Å²) >= 11 is 0. The number of likely N-dealkylation sites (tertiary alicyclic amines) is 1. The first kappa shape index (κ1) is 19.6. The molecule has 0 radical (unpaired) electrons. The Morgan fingerprint density at radius 2 is 1.90 bits per heavy atom. The van der Waals surface area contributed by atoms with Crippen molar-refractivity contribution in [3.63, 3.8) is 0 Å². The molecule has 2 aliphatic rings. The van der Waals surface area contributed by atoms with Crippen molar-refractivity contribution in [2.75, 3.05) is 13.1 Å². The minimum Gasteiger partial charge on any atom is -0.337 e. The van der Waals surface area contributed by atoms with Crippen molar-refractivity contribution in [1.29, 1.82) is 0 Å². The van der Waals surface area contributed by atoms with E-state index in [1.54, 1.807) is 11.1 Å². The Kier molecular flexibility index (Phi) is 5.11. The van der Waals surface area contributed by atoms with E-state index in [-0.39, 0.29) is 17.4 Å². The lowest BCUT2D eigenvalue weighted by molar-refractivity contribution is 0.0791. The number of fused-ring (bicyclic) bond motifs is 1. The van der Waals surface area contributed by atoms with Crippen molar-refractivity contribution in [3.05, 3.63) is 58.0 Å². The van der Waals surface area contributed by atoms with Gasteiger partial charge < -0.3 is 4.90 Å². The number of hydrogen-bond donors (Lipinski definition) is 1. The molecule has 5 rings (SSSR count). The molecule has 1 aliphatic carbocycles. The molecule has 1 aromatic carbocycles. The van der Waals surface area contributed by atoms with E-state index in [1.807, 2.05) is 12.1 Å². The summed E-state index contributed by atoms with van der Waals surface area (Å²) in [6.45, 7) is 1.16. The summed E-state index contributed by atoms with van der Waals surface area (Å²) in [6.07, 6.45) is 14.3. The molecule has 1 aliphatic heterocycles. The number of amides is 1. The second-order valence-electron chi connectivity index (χ2n) is 8.69. The van der Waals surface area contributed by atoms with Crippen molar-refractivity contribution in [1.82, 2.24) is 19.5 Å². The molecule has 0 unspecified atom stereocenters. The summed E-state index contributed by atoms with van der Waals surface area (Å²) in [7, 11) is 0. The van der Waals surface area contributed by atoms with Crippen LogP contribution in [-0.2, 0) is 0 Å². The summed E-state index contributed by atoms with van der Waals surface area (Å²) < 4.78 is 1.32. The minimum atomic E-state index is -0.238. The maximum Gasteiger partial charge on any atom is 0.273 e. The number of benzene rings is 1.